The van der Waals surface area contributed by atoms with E-state index in [0.29, 0.717) is 24.5 Å². The Morgan fingerprint density at radius 1 is 1.00 bits per heavy atom. The molecule has 5 heteroatoms. The van der Waals surface area contributed by atoms with Crippen LogP contribution in [-0.4, -0.2) is 44.7 Å². The van der Waals surface area contributed by atoms with Crippen molar-refractivity contribution in [2.45, 2.75) is 19.8 Å². The molecule has 0 saturated heterocycles. The number of amides is 1. The van der Waals surface area contributed by atoms with Gasteiger partial charge >= 0.3 is 0 Å². The summed E-state index contributed by atoms with van der Waals surface area (Å²) in [7, 11) is 4.09. The second kappa shape index (κ2) is 10.5. The van der Waals surface area contributed by atoms with Gasteiger partial charge < -0.3 is 19.7 Å². The molecule has 1 N–H and O–H groups in total. The lowest BCUT2D eigenvalue weighted by Crippen LogP contribution is -2.15. The molecule has 5 nitrogen and oxygen atoms in total. The number of hydrogen-bond donors (Lipinski definition) is 1. The summed E-state index contributed by atoms with van der Waals surface area (Å²) in [6.07, 6.45) is 1.90. The van der Waals surface area contributed by atoms with Gasteiger partial charge in [0.15, 0.2) is 0 Å². The van der Waals surface area contributed by atoms with E-state index in [0.717, 1.165) is 30.8 Å². The zero-order valence-corrected chi connectivity index (χ0v) is 15.8. The molecule has 0 aliphatic heterocycles. The van der Waals surface area contributed by atoms with Crippen LogP contribution in [0.3, 0.4) is 0 Å². The molecule has 0 bridgehead atoms. The summed E-state index contributed by atoms with van der Waals surface area (Å²) < 4.78 is 11.3. The Labute approximate surface area is 155 Å². The highest BCUT2D eigenvalue weighted by Crippen LogP contribution is 2.18. The Kier molecular flexibility index (Phi) is 7.96. The minimum Gasteiger partial charge on any atom is -0.494 e. The lowest BCUT2D eigenvalue weighted by Gasteiger charge is -2.11. The van der Waals surface area contributed by atoms with Crippen molar-refractivity contribution >= 4 is 11.6 Å². The van der Waals surface area contributed by atoms with Crippen LogP contribution in [0.5, 0.6) is 11.5 Å². The van der Waals surface area contributed by atoms with Gasteiger partial charge in [-0.05, 0) is 69.4 Å². The number of anilines is 1. The Hall–Kier alpha value is -2.53. The maximum Gasteiger partial charge on any atom is 0.255 e. The molecule has 0 saturated carbocycles. The van der Waals surface area contributed by atoms with Gasteiger partial charge in [0.05, 0.1) is 13.2 Å². The van der Waals surface area contributed by atoms with Crippen LogP contribution in [0.15, 0.2) is 48.5 Å². The lowest BCUT2D eigenvalue weighted by atomic mass is 10.2. The first kappa shape index (κ1) is 19.8. The maximum atomic E-state index is 12.4. The number of benzene rings is 2. The Morgan fingerprint density at radius 3 is 2.42 bits per heavy atom. The van der Waals surface area contributed by atoms with Crippen LogP contribution in [-0.2, 0) is 0 Å². The minimum atomic E-state index is -0.161. The van der Waals surface area contributed by atoms with Crippen LogP contribution in [0.2, 0.25) is 0 Å². The number of nitrogens with zero attached hydrogens (tertiary/aromatic N) is 1. The molecule has 1 amide bonds. The second-order valence-corrected chi connectivity index (χ2v) is 6.36. The third kappa shape index (κ3) is 6.76. The maximum absolute atomic E-state index is 12.4. The van der Waals surface area contributed by atoms with Crippen molar-refractivity contribution in [1.29, 1.82) is 0 Å². The average molecular weight is 356 g/mol. The number of carbonyl (C=O) groups excluding carboxylic acids is 1. The van der Waals surface area contributed by atoms with Gasteiger partial charge in [-0.25, -0.2) is 0 Å². The first-order chi connectivity index (χ1) is 12.6. The van der Waals surface area contributed by atoms with E-state index >= 15 is 0 Å². The smallest absolute Gasteiger partial charge is 0.255 e. The number of ether oxygens (including phenoxy) is 2. The van der Waals surface area contributed by atoms with E-state index in [-0.39, 0.29) is 5.91 Å². The molecule has 0 aliphatic carbocycles. The fourth-order valence-corrected chi connectivity index (χ4v) is 2.36. The van der Waals surface area contributed by atoms with Gasteiger partial charge in [-0.3, -0.25) is 4.79 Å². The largest absolute Gasteiger partial charge is 0.494 e. The highest BCUT2D eigenvalue weighted by molar-refractivity contribution is 6.04. The molecule has 2 aromatic rings. The average Bonchev–Trinajstić information content (AvgIpc) is 2.65. The topological polar surface area (TPSA) is 50.8 Å². The predicted molar refractivity (Wildman–Crippen MR) is 105 cm³/mol. The van der Waals surface area contributed by atoms with Gasteiger partial charge in [0, 0.05) is 17.8 Å². The normalized spacial score (nSPS) is 10.6. The minimum absolute atomic E-state index is 0.161. The molecule has 2 rings (SSSR count). The van der Waals surface area contributed by atoms with Gasteiger partial charge in [-0.2, -0.15) is 0 Å². The van der Waals surface area contributed by atoms with E-state index in [1.165, 1.54) is 0 Å². The molecule has 0 spiro atoms. The highest BCUT2D eigenvalue weighted by atomic mass is 16.5. The molecule has 0 radical (unpaired) electrons. The second-order valence-electron chi connectivity index (χ2n) is 6.36. The van der Waals surface area contributed by atoms with Crippen LogP contribution in [0.25, 0.3) is 0 Å². The van der Waals surface area contributed by atoms with Crippen LogP contribution < -0.4 is 14.8 Å². The predicted octanol–water partition coefficient (Wildman–Crippen LogP) is 4.06. The summed E-state index contributed by atoms with van der Waals surface area (Å²) in [4.78, 5) is 14.5. The van der Waals surface area contributed by atoms with Crippen LogP contribution in [0.4, 0.5) is 5.69 Å². The van der Waals surface area contributed by atoms with E-state index in [2.05, 4.69) is 10.2 Å². The van der Waals surface area contributed by atoms with Crippen LogP contribution in [0.1, 0.15) is 30.1 Å². The fourth-order valence-electron chi connectivity index (χ4n) is 2.36. The quantitative estimate of drug-likeness (QED) is 0.652. The summed E-state index contributed by atoms with van der Waals surface area (Å²) in [5, 5.41) is 2.89. The molecule has 0 fully saturated rings. The number of nitrogens with one attached hydrogen (secondary N) is 1. The molecule has 0 heterocycles. The van der Waals surface area contributed by atoms with Crippen LogP contribution in [0, 0.1) is 0 Å². The van der Waals surface area contributed by atoms with Crippen molar-refractivity contribution < 1.29 is 14.3 Å². The number of rotatable bonds is 10. The summed E-state index contributed by atoms with van der Waals surface area (Å²) in [5.41, 5.74) is 1.30. The fraction of sp³-hybridized carbons (Fsp3) is 0.381. The van der Waals surface area contributed by atoms with Gasteiger partial charge in [0.25, 0.3) is 5.91 Å². The highest BCUT2D eigenvalue weighted by Gasteiger charge is 2.07. The molecular formula is C21H28N2O3. The van der Waals surface area contributed by atoms with Gasteiger partial charge in [-0.15, -0.1) is 0 Å². The molecule has 0 aliphatic rings. The Morgan fingerprint density at radius 2 is 1.73 bits per heavy atom. The SMILES string of the molecule is CCCOc1cccc(C(=O)Nc2ccc(OCCCN(C)C)cc2)c1. The Bertz CT molecular complexity index is 684. The van der Waals surface area contributed by atoms with Crippen molar-refractivity contribution in [3.63, 3.8) is 0 Å². The van der Waals surface area contributed by atoms with Crippen molar-refractivity contribution in [1.82, 2.24) is 4.90 Å². The molecular weight excluding hydrogens is 328 g/mol. The van der Waals surface area contributed by atoms with E-state index in [9.17, 15) is 4.79 Å². The molecule has 140 valence electrons. The van der Waals surface area contributed by atoms with E-state index in [1.807, 2.05) is 57.4 Å². The standard InChI is InChI=1S/C21H28N2O3/c1-4-14-25-20-8-5-7-17(16-20)21(24)22-18-9-11-19(12-10-18)26-15-6-13-23(2)3/h5,7-12,16H,4,6,13-15H2,1-3H3,(H,22,24). The summed E-state index contributed by atoms with van der Waals surface area (Å²) >= 11 is 0. The van der Waals surface area contributed by atoms with Crippen molar-refractivity contribution in [2.75, 3.05) is 39.2 Å². The number of hydrogen-bond acceptors (Lipinski definition) is 4. The van der Waals surface area contributed by atoms with Crippen molar-refractivity contribution in [2.24, 2.45) is 0 Å². The van der Waals surface area contributed by atoms with E-state index < -0.39 is 0 Å². The van der Waals surface area contributed by atoms with E-state index in [4.69, 9.17) is 9.47 Å². The molecule has 2 aromatic carbocycles. The first-order valence-electron chi connectivity index (χ1n) is 9.00. The molecule has 26 heavy (non-hydrogen) atoms. The van der Waals surface area contributed by atoms with Crippen molar-refractivity contribution in [3.8, 4) is 11.5 Å². The third-order valence-electron chi connectivity index (χ3n) is 3.70. The monoisotopic (exact) mass is 356 g/mol. The summed E-state index contributed by atoms with van der Waals surface area (Å²) in [5.74, 6) is 1.35. The summed E-state index contributed by atoms with van der Waals surface area (Å²) in [6, 6.07) is 14.6. The van der Waals surface area contributed by atoms with Gasteiger partial charge in [0.1, 0.15) is 11.5 Å². The van der Waals surface area contributed by atoms with E-state index in [1.54, 1.807) is 12.1 Å². The van der Waals surface area contributed by atoms with Crippen LogP contribution >= 0.6 is 0 Å². The molecule has 0 atom stereocenters. The van der Waals surface area contributed by atoms with Gasteiger partial charge in [0.2, 0.25) is 0 Å². The zero-order chi connectivity index (χ0) is 18.8. The number of carbonyl (C=O) groups is 1. The summed E-state index contributed by atoms with van der Waals surface area (Å²) in [6.45, 7) is 4.36. The van der Waals surface area contributed by atoms with Crippen molar-refractivity contribution in [3.05, 3.63) is 54.1 Å². The lowest BCUT2D eigenvalue weighted by molar-refractivity contribution is 0.102. The van der Waals surface area contributed by atoms with Gasteiger partial charge in [-0.1, -0.05) is 13.0 Å². The third-order valence-corrected chi connectivity index (χ3v) is 3.70. The first-order valence-corrected chi connectivity index (χ1v) is 9.00. The molecule has 0 unspecified atom stereocenters. The Balaban J connectivity index is 1.87. The zero-order valence-electron chi connectivity index (χ0n) is 15.8. The molecule has 0 aromatic heterocycles.